The van der Waals surface area contributed by atoms with Crippen LogP contribution in [-0.2, 0) is 0 Å². The summed E-state index contributed by atoms with van der Waals surface area (Å²) in [5, 5.41) is 7.12. The molecule has 0 aromatic carbocycles. The van der Waals surface area contributed by atoms with Crippen LogP contribution >= 0.6 is 0 Å². The Hall–Kier alpha value is -2.11. The summed E-state index contributed by atoms with van der Waals surface area (Å²) in [6.45, 7) is 1.02. The van der Waals surface area contributed by atoms with Gasteiger partial charge in [0, 0.05) is 32.9 Å². The third-order valence-corrected chi connectivity index (χ3v) is 3.52. The largest absolute Gasteiger partial charge is 0.363 e. The highest BCUT2D eigenvalue weighted by Gasteiger charge is 2.28. The topological polar surface area (TPSA) is 60.9 Å². The Morgan fingerprint density at radius 3 is 3.00 bits per heavy atom. The van der Waals surface area contributed by atoms with E-state index in [1.54, 1.807) is 12.5 Å². The molecule has 6 nitrogen and oxygen atoms in total. The summed E-state index contributed by atoms with van der Waals surface area (Å²) in [4.78, 5) is 13.0. The molecule has 0 radical (unpaired) electrons. The van der Waals surface area contributed by atoms with Crippen LogP contribution in [0.15, 0.2) is 24.7 Å². The molecule has 0 bridgehead atoms. The Labute approximate surface area is 112 Å². The van der Waals surface area contributed by atoms with Crippen molar-refractivity contribution in [1.29, 1.82) is 0 Å². The predicted octanol–water partition coefficient (Wildman–Crippen LogP) is 1.61. The molecule has 19 heavy (non-hydrogen) atoms. The first kappa shape index (κ1) is 12.0. The first-order chi connectivity index (χ1) is 9.25. The molecule has 1 aliphatic rings. The Kier molecular flexibility index (Phi) is 3.06. The quantitative estimate of drug-likeness (QED) is 0.906. The van der Waals surface area contributed by atoms with Crippen molar-refractivity contribution in [3.8, 4) is 0 Å². The maximum Gasteiger partial charge on any atom is 0.134 e. The molecule has 0 spiro atoms. The van der Waals surface area contributed by atoms with Gasteiger partial charge in [0.1, 0.15) is 18.0 Å². The van der Waals surface area contributed by atoms with E-state index in [0.29, 0.717) is 6.04 Å². The zero-order valence-electron chi connectivity index (χ0n) is 11.2. The standard InChI is InChI=1S/C13H18N6/c1-18(2)12-8-13(15-9-14-12)19-7-3-4-11(19)10-5-6-16-17-10/h5-6,8-9,11H,3-4,7H2,1-2H3,(H,16,17)/t11-/m1/s1. The van der Waals surface area contributed by atoms with E-state index >= 15 is 0 Å². The van der Waals surface area contributed by atoms with Crippen LogP contribution in [0.4, 0.5) is 11.6 Å². The van der Waals surface area contributed by atoms with Gasteiger partial charge in [0.05, 0.1) is 11.7 Å². The van der Waals surface area contributed by atoms with Gasteiger partial charge in [-0.2, -0.15) is 5.10 Å². The number of aromatic nitrogens is 4. The van der Waals surface area contributed by atoms with E-state index in [-0.39, 0.29) is 0 Å². The molecule has 0 saturated carbocycles. The van der Waals surface area contributed by atoms with Crippen molar-refractivity contribution in [2.75, 3.05) is 30.4 Å². The molecular formula is C13H18N6. The van der Waals surface area contributed by atoms with E-state index in [9.17, 15) is 0 Å². The van der Waals surface area contributed by atoms with Crippen LogP contribution in [0.25, 0.3) is 0 Å². The van der Waals surface area contributed by atoms with Gasteiger partial charge < -0.3 is 9.80 Å². The molecule has 2 aromatic heterocycles. The van der Waals surface area contributed by atoms with Crippen molar-refractivity contribution in [2.45, 2.75) is 18.9 Å². The zero-order chi connectivity index (χ0) is 13.2. The van der Waals surface area contributed by atoms with E-state index in [0.717, 1.165) is 30.3 Å². The summed E-state index contributed by atoms with van der Waals surface area (Å²) in [6, 6.07) is 4.42. The molecule has 1 N–H and O–H groups in total. The predicted molar refractivity (Wildman–Crippen MR) is 74.3 cm³/mol. The summed E-state index contributed by atoms with van der Waals surface area (Å²) in [5.41, 5.74) is 1.16. The monoisotopic (exact) mass is 258 g/mol. The van der Waals surface area contributed by atoms with Gasteiger partial charge in [-0.1, -0.05) is 0 Å². The minimum Gasteiger partial charge on any atom is -0.363 e. The molecular weight excluding hydrogens is 240 g/mol. The third kappa shape index (κ3) is 2.25. The van der Waals surface area contributed by atoms with Crippen molar-refractivity contribution in [3.05, 3.63) is 30.4 Å². The summed E-state index contributed by atoms with van der Waals surface area (Å²) in [7, 11) is 3.98. The molecule has 3 heterocycles. The summed E-state index contributed by atoms with van der Waals surface area (Å²) < 4.78 is 0. The number of nitrogens with one attached hydrogen (secondary N) is 1. The number of nitrogens with zero attached hydrogens (tertiary/aromatic N) is 5. The van der Waals surface area contributed by atoms with Crippen LogP contribution in [0, 0.1) is 0 Å². The molecule has 1 fully saturated rings. The maximum atomic E-state index is 4.42. The molecule has 100 valence electrons. The molecule has 1 saturated heterocycles. The number of aromatic amines is 1. The maximum absolute atomic E-state index is 4.42. The smallest absolute Gasteiger partial charge is 0.134 e. The van der Waals surface area contributed by atoms with Crippen LogP contribution < -0.4 is 9.80 Å². The fraction of sp³-hybridized carbons (Fsp3) is 0.462. The van der Waals surface area contributed by atoms with Gasteiger partial charge in [-0.3, -0.25) is 5.10 Å². The second-order valence-electron chi connectivity index (χ2n) is 4.99. The summed E-state index contributed by atoms with van der Waals surface area (Å²) >= 11 is 0. The van der Waals surface area contributed by atoms with E-state index in [2.05, 4.69) is 25.1 Å². The number of anilines is 2. The Bertz CT molecular complexity index is 536. The minimum atomic E-state index is 0.340. The van der Waals surface area contributed by atoms with E-state index in [4.69, 9.17) is 0 Å². The SMILES string of the molecule is CN(C)c1cc(N2CCC[C@@H]2c2ccn[nH]2)ncn1. The van der Waals surface area contributed by atoms with Gasteiger partial charge in [0.25, 0.3) is 0 Å². The minimum absolute atomic E-state index is 0.340. The Morgan fingerprint density at radius 2 is 2.26 bits per heavy atom. The van der Waals surface area contributed by atoms with E-state index < -0.39 is 0 Å². The lowest BCUT2D eigenvalue weighted by Gasteiger charge is -2.25. The van der Waals surface area contributed by atoms with Gasteiger partial charge in [0.2, 0.25) is 0 Å². The second-order valence-corrected chi connectivity index (χ2v) is 4.99. The van der Waals surface area contributed by atoms with Crippen LogP contribution in [0.5, 0.6) is 0 Å². The average Bonchev–Trinajstić information content (AvgIpc) is 3.09. The highest BCUT2D eigenvalue weighted by molar-refractivity contribution is 5.51. The van der Waals surface area contributed by atoms with Crippen molar-refractivity contribution < 1.29 is 0 Å². The first-order valence-corrected chi connectivity index (χ1v) is 6.51. The third-order valence-electron chi connectivity index (χ3n) is 3.52. The van der Waals surface area contributed by atoms with Gasteiger partial charge >= 0.3 is 0 Å². The average molecular weight is 258 g/mol. The molecule has 3 rings (SSSR count). The van der Waals surface area contributed by atoms with Crippen LogP contribution in [-0.4, -0.2) is 40.8 Å². The van der Waals surface area contributed by atoms with Crippen molar-refractivity contribution in [2.24, 2.45) is 0 Å². The van der Waals surface area contributed by atoms with Crippen LogP contribution in [0.2, 0.25) is 0 Å². The highest BCUT2D eigenvalue weighted by atomic mass is 15.3. The van der Waals surface area contributed by atoms with Crippen molar-refractivity contribution >= 4 is 11.6 Å². The molecule has 1 aliphatic heterocycles. The molecule has 0 amide bonds. The lowest BCUT2D eigenvalue weighted by Crippen LogP contribution is -2.24. The first-order valence-electron chi connectivity index (χ1n) is 6.51. The number of hydrogen-bond acceptors (Lipinski definition) is 5. The van der Waals surface area contributed by atoms with Gasteiger partial charge in [-0.15, -0.1) is 0 Å². The summed E-state index contributed by atoms with van der Waals surface area (Å²) in [6.07, 6.45) is 5.73. The Balaban J connectivity index is 1.90. The van der Waals surface area contributed by atoms with Crippen LogP contribution in [0.1, 0.15) is 24.6 Å². The van der Waals surface area contributed by atoms with Crippen molar-refractivity contribution in [3.63, 3.8) is 0 Å². The van der Waals surface area contributed by atoms with Gasteiger partial charge in [-0.25, -0.2) is 9.97 Å². The fourth-order valence-corrected chi connectivity index (χ4v) is 2.56. The number of hydrogen-bond donors (Lipinski definition) is 1. The van der Waals surface area contributed by atoms with Crippen molar-refractivity contribution in [1.82, 2.24) is 20.2 Å². The molecule has 0 aliphatic carbocycles. The van der Waals surface area contributed by atoms with Gasteiger partial charge in [0.15, 0.2) is 0 Å². The zero-order valence-corrected chi connectivity index (χ0v) is 11.2. The molecule has 2 aromatic rings. The van der Waals surface area contributed by atoms with Gasteiger partial charge in [-0.05, 0) is 18.9 Å². The van der Waals surface area contributed by atoms with E-state index in [1.165, 1.54) is 6.42 Å². The Morgan fingerprint density at radius 1 is 1.37 bits per heavy atom. The summed E-state index contributed by atoms with van der Waals surface area (Å²) in [5.74, 6) is 1.91. The molecule has 1 atom stereocenters. The normalized spacial score (nSPS) is 18.8. The molecule has 0 unspecified atom stereocenters. The fourth-order valence-electron chi connectivity index (χ4n) is 2.56. The van der Waals surface area contributed by atoms with Crippen LogP contribution in [0.3, 0.4) is 0 Å². The van der Waals surface area contributed by atoms with E-state index in [1.807, 2.05) is 31.1 Å². The lowest BCUT2D eigenvalue weighted by molar-refractivity contribution is 0.683. The second kappa shape index (κ2) is 4.87. The molecule has 6 heteroatoms. The lowest BCUT2D eigenvalue weighted by atomic mass is 10.1. The number of rotatable bonds is 3. The number of H-pyrrole nitrogens is 1. The highest BCUT2D eigenvalue weighted by Crippen LogP contribution is 2.34.